The number of carbonyl (C=O) groups excluding carboxylic acids is 1. The van der Waals surface area contributed by atoms with Crippen molar-refractivity contribution in [3.63, 3.8) is 0 Å². The lowest BCUT2D eigenvalue weighted by Crippen LogP contribution is -2.40. The lowest BCUT2D eigenvalue weighted by molar-refractivity contribution is 0.0730. The van der Waals surface area contributed by atoms with Gasteiger partial charge in [-0.1, -0.05) is 12.1 Å². The summed E-state index contributed by atoms with van der Waals surface area (Å²) in [6.07, 6.45) is 5.43. The number of carbonyl (C=O) groups is 1. The Labute approximate surface area is 195 Å². The molecular formula is C23H31N5O4S. The summed E-state index contributed by atoms with van der Waals surface area (Å²) in [7, 11) is -3.52. The zero-order valence-electron chi connectivity index (χ0n) is 18.7. The number of morpholine rings is 1. The third kappa shape index (κ3) is 6.21. The predicted molar refractivity (Wildman–Crippen MR) is 125 cm³/mol. The van der Waals surface area contributed by atoms with Gasteiger partial charge in [-0.3, -0.25) is 0 Å². The molecule has 2 amide bonds. The fourth-order valence-electron chi connectivity index (χ4n) is 4.01. The summed E-state index contributed by atoms with van der Waals surface area (Å²) in [5.74, 6) is 0.960. The van der Waals surface area contributed by atoms with Crippen molar-refractivity contribution in [3.05, 3.63) is 53.7 Å². The van der Waals surface area contributed by atoms with E-state index in [0.717, 1.165) is 30.0 Å². The average molecular weight is 474 g/mol. The van der Waals surface area contributed by atoms with Crippen molar-refractivity contribution >= 4 is 21.9 Å². The molecule has 0 unspecified atom stereocenters. The van der Waals surface area contributed by atoms with E-state index < -0.39 is 10.0 Å². The number of ether oxygens (including phenoxy) is 1. The first-order chi connectivity index (χ1) is 16.0. The van der Waals surface area contributed by atoms with Crippen LogP contribution in [-0.2, 0) is 27.8 Å². The SMILES string of the molecule is O=C(NCc1ccc(S(=O)(=O)N2CCOCC2)cc1)NCc1ccnc(N2CCCCC2)c1. The molecule has 0 aliphatic carbocycles. The van der Waals surface area contributed by atoms with E-state index in [4.69, 9.17) is 4.74 Å². The van der Waals surface area contributed by atoms with Crippen molar-refractivity contribution in [1.82, 2.24) is 19.9 Å². The molecule has 0 saturated carbocycles. The molecule has 2 aromatic rings. The molecule has 0 radical (unpaired) electrons. The van der Waals surface area contributed by atoms with E-state index in [1.807, 2.05) is 12.1 Å². The molecular weight excluding hydrogens is 442 g/mol. The van der Waals surface area contributed by atoms with Crippen LogP contribution in [0.4, 0.5) is 10.6 Å². The molecule has 2 saturated heterocycles. The normalized spacial score (nSPS) is 17.5. The number of aromatic nitrogens is 1. The van der Waals surface area contributed by atoms with Gasteiger partial charge in [0, 0.05) is 45.5 Å². The maximum atomic E-state index is 12.7. The highest BCUT2D eigenvalue weighted by atomic mass is 32.2. The first-order valence-electron chi connectivity index (χ1n) is 11.4. The highest BCUT2D eigenvalue weighted by Crippen LogP contribution is 2.19. The number of hydrogen-bond acceptors (Lipinski definition) is 6. The van der Waals surface area contributed by atoms with Crippen LogP contribution in [0.5, 0.6) is 0 Å². The summed E-state index contributed by atoms with van der Waals surface area (Å²) < 4.78 is 32.1. The van der Waals surface area contributed by atoms with E-state index in [1.54, 1.807) is 30.5 Å². The van der Waals surface area contributed by atoms with Gasteiger partial charge in [0.05, 0.1) is 18.1 Å². The van der Waals surface area contributed by atoms with Gasteiger partial charge in [0.15, 0.2) is 0 Å². The van der Waals surface area contributed by atoms with Gasteiger partial charge in [-0.2, -0.15) is 4.31 Å². The van der Waals surface area contributed by atoms with Crippen molar-refractivity contribution in [2.75, 3.05) is 44.3 Å². The molecule has 4 rings (SSSR count). The first kappa shape index (κ1) is 23.5. The van der Waals surface area contributed by atoms with E-state index in [0.29, 0.717) is 39.4 Å². The van der Waals surface area contributed by atoms with Crippen molar-refractivity contribution < 1.29 is 17.9 Å². The maximum Gasteiger partial charge on any atom is 0.315 e. The summed E-state index contributed by atoms with van der Waals surface area (Å²) in [5, 5.41) is 5.68. The minimum atomic E-state index is -3.52. The second-order valence-corrected chi connectivity index (χ2v) is 10.2. The molecule has 9 nitrogen and oxygen atoms in total. The largest absolute Gasteiger partial charge is 0.379 e. The van der Waals surface area contributed by atoms with Gasteiger partial charge < -0.3 is 20.3 Å². The van der Waals surface area contributed by atoms with Crippen LogP contribution in [0.3, 0.4) is 0 Å². The lowest BCUT2D eigenvalue weighted by Gasteiger charge is -2.27. The van der Waals surface area contributed by atoms with Crippen LogP contribution in [0.2, 0.25) is 0 Å². The Bertz CT molecular complexity index is 1030. The summed E-state index contributed by atoms with van der Waals surface area (Å²) in [4.78, 5) is 19.2. The van der Waals surface area contributed by atoms with E-state index in [1.165, 1.54) is 23.6 Å². The molecule has 2 aliphatic heterocycles. The van der Waals surface area contributed by atoms with Gasteiger partial charge >= 0.3 is 6.03 Å². The molecule has 1 aromatic carbocycles. The monoisotopic (exact) mass is 473 g/mol. The fourth-order valence-corrected chi connectivity index (χ4v) is 5.42. The summed E-state index contributed by atoms with van der Waals surface area (Å²) >= 11 is 0. The molecule has 10 heteroatoms. The van der Waals surface area contributed by atoms with Crippen LogP contribution < -0.4 is 15.5 Å². The van der Waals surface area contributed by atoms with Crippen molar-refractivity contribution in [2.45, 2.75) is 37.2 Å². The number of sulfonamides is 1. The topological polar surface area (TPSA) is 104 Å². The van der Waals surface area contributed by atoms with Crippen LogP contribution in [0.15, 0.2) is 47.5 Å². The van der Waals surface area contributed by atoms with Gasteiger partial charge in [-0.25, -0.2) is 18.2 Å². The highest BCUT2D eigenvalue weighted by molar-refractivity contribution is 7.89. The number of pyridine rings is 1. The van der Waals surface area contributed by atoms with Crippen molar-refractivity contribution in [2.24, 2.45) is 0 Å². The Hall–Kier alpha value is -2.69. The Morgan fingerprint density at radius 1 is 0.909 bits per heavy atom. The Morgan fingerprint density at radius 2 is 1.58 bits per heavy atom. The number of nitrogens with one attached hydrogen (secondary N) is 2. The minimum absolute atomic E-state index is 0.250. The predicted octanol–water partition coefficient (Wildman–Crippen LogP) is 2.09. The molecule has 33 heavy (non-hydrogen) atoms. The number of rotatable bonds is 7. The lowest BCUT2D eigenvalue weighted by atomic mass is 10.1. The van der Waals surface area contributed by atoms with Crippen molar-refractivity contribution in [1.29, 1.82) is 0 Å². The van der Waals surface area contributed by atoms with Crippen molar-refractivity contribution in [3.8, 4) is 0 Å². The molecule has 3 heterocycles. The van der Waals surface area contributed by atoms with Gasteiger partial charge in [-0.05, 0) is 54.7 Å². The minimum Gasteiger partial charge on any atom is -0.379 e. The van der Waals surface area contributed by atoms with E-state index >= 15 is 0 Å². The van der Waals surface area contributed by atoms with Crippen LogP contribution >= 0.6 is 0 Å². The van der Waals surface area contributed by atoms with Crippen LogP contribution in [0.25, 0.3) is 0 Å². The third-order valence-electron chi connectivity index (χ3n) is 5.93. The third-order valence-corrected chi connectivity index (χ3v) is 7.84. The summed E-state index contributed by atoms with van der Waals surface area (Å²) in [6.45, 7) is 4.31. The molecule has 0 spiro atoms. The van der Waals surface area contributed by atoms with Gasteiger partial charge in [-0.15, -0.1) is 0 Å². The number of benzene rings is 1. The number of amides is 2. The smallest absolute Gasteiger partial charge is 0.315 e. The van der Waals surface area contributed by atoms with E-state index in [9.17, 15) is 13.2 Å². The second-order valence-electron chi connectivity index (χ2n) is 8.27. The van der Waals surface area contributed by atoms with Gasteiger partial charge in [0.1, 0.15) is 5.82 Å². The summed E-state index contributed by atoms with van der Waals surface area (Å²) in [6, 6.07) is 10.3. The Kier molecular flexibility index (Phi) is 7.79. The average Bonchev–Trinajstić information content (AvgIpc) is 2.88. The number of nitrogens with zero attached hydrogens (tertiary/aromatic N) is 3. The zero-order chi connectivity index (χ0) is 23.1. The molecule has 2 aliphatic rings. The number of hydrogen-bond donors (Lipinski definition) is 2. The second kappa shape index (κ2) is 11.0. The van der Waals surface area contributed by atoms with E-state index in [-0.39, 0.29) is 10.9 Å². The molecule has 2 fully saturated rings. The van der Waals surface area contributed by atoms with E-state index in [2.05, 4.69) is 20.5 Å². The van der Waals surface area contributed by atoms with Crippen LogP contribution in [-0.4, -0.2) is 63.1 Å². The van der Waals surface area contributed by atoms with Gasteiger partial charge in [0.25, 0.3) is 0 Å². The molecule has 2 N–H and O–H groups in total. The molecule has 178 valence electrons. The molecule has 0 atom stereocenters. The first-order valence-corrected chi connectivity index (χ1v) is 12.8. The molecule has 0 bridgehead atoms. The number of anilines is 1. The number of urea groups is 1. The quantitative estimate of drug-likeness (QED) is 0.638. The fraction of sp³-hybridized carbons (Fsp3) is 0.478. The number of piperidine rings is 1. The zero-order valence-corrected chi connectivity index (χ0v) is 19.5. The van der Waals surface area contributed by atoms with Gasteiger partial charge in [0.2, 0.25) is 10.0 Å². The molecule has 1 aromatic heterocycles. The maximum absolute atomic E-state index is 12.7. The standard InChI is InChI=1S/C23H31N5O4S/c29-23(26-18-20-8-9-24-22(16-20)27-10-2-1-3-11-27)25-17-19-4-6-21(7-5-19)33(30,31)28-12-14-32-15-13-28/h4-9,16H,1-3,10-15,17-18H2,(H2,25,26,29). The Balaban J connectivity index is 1.25. The Morgan fingerprint density at radius 3 is 2.27 bits per heavy atom. The highest BCUT2D eigenvalue weighted by Gasteiger charge is 2.26. The van der Waals surface area contributed by atoms with Crippen LogP contribution in [0.1, 0.15) is 30.4 Å². The summed E-state index contributed by atoms with van der Waals surface area (Å²) in [5.41, 5.74) is 1.82. The van der Waals surface area contributed by atoms with Crippen LogP contribution in [0, 0.1) is 0 Å².